The Hall–Kier alpha value is -0.610. The summed E-state index contributed by atoms with van der Waals surface area (Å²) < 4.78 is 0.927. The maximum Gasteiger partial charge on any atom is 0.105 e. The van der Waals surface area contributed by atoms with Gasteiger partial charge in [-0.05, 0) is 59.8 Å². The second kappa shape index (κ2) is 5.80. The lowest BCUT2D eigenvalue weighted by Gasteiger charge is -2.34. The van der Waals surface area contributed by atoms with Crippen LogP contribution < -0.4 is 11.1 Å². The zero-order chi connectivity index (χ0) is 14.8. The van der Waals surface area contributed by atoms with Crippen molar-refractivity contribution in [3.63, 3.8) is 0 Å². The SMILES string of the molecule is CC(C)(C)CC(C)(C)Nc1ccc(C(N)=S)c(Br)c1. The zero-order valence-corrected chi connectivity index (χ0v) is 14.7. The van der Waals surface area contributed by atoms with Crippen molar-refractivity contribution in [2.45, 2.75) is 46.6 Å². The first-order chi connectivity index (χ1) is 8.50. The van der Waals surface area contributed by atoms with E-state index in [0.29, 0.717) is 4.99 Å². The highest BCUT2D eigenvalue weighted by Gasteiger charge is 2.25. The molecule has 2 nitrogen and oxygen atoms in total. The lowest BCUT2D eigenvalue weighted by molar-refractivity contribution is 0.302. The molecule has 106 valence electrons. The summed E-state index contributed by atoms with van der Waals surface area (Å²) in [5.74, 6) is 0. The minimum Gasteiger partial charge on any atom is -0.389 e. The Bertz CT molecular complexity index is 476. The van der Waals surface area contributed by atoms with Crippen LogP contribution in [0.4, 0.5) is 5.69 Å². The zero-order valence-electron chi connectivity index (χ0n) is 12.3. The highest BCUT2D eigenvalue weighted by molar-refractivity contribution is 9.10. The molecular formula is C15H23BrN2S. The summed E-state index contributed by atoms with van der Waals surface area (Å²) in [7, 11) is 0. The molecule has 1 aromatic carbocycles. The van der Waals surface area contributed by atoms with Crippen LogP contribution in [0.15, 0.2) is 22.7 Å². The normalized spacial score (nSPS) is 12.3. The third-order valence-electron chi connectivity index (χ3n) is 2.69. The summed E-state index contributed by atoms with van der Waals surface area (Å²) in [5, 5.41) is 3.57. The van der Waals surface area contributed by atoms with Gasteiger partial charge in [0.1, 0.15) is 4.99 Å². The molecule has 0 radical (unpaired) electrons. The van der Waals surface area contributed by atoms with Crippen LogP contribution >= 0.6 is 28.1 Å². The van der Waals surface area contributed by atoms with Crippen LogP contribution in [0.3, 0.4) is 0 Å². The number of rotatable bonds is 4. The summed E-state index contributed by atoms with van der Waals surface area (Å²) in [6.07, 6.45) is 1.08. The number of nitrogens with two attached hydrogens (primary N) is 1. The van der Waals surface area contributed by atoms with Crippen molar-refractivity contribution in [1.29, 1.82) is 0 Å². The predicted molar refractivity (Wildman–Crippen MR) is 91.8 cm³/mol. The molecule has 19 heavy (non-hydrogen) atoms. The Labute approximate surface area is 130 Å². The molecule has 4 heteroatoms. The van der Waals surface area contributed by atoms with Gasteiger partial charge in [0.15, 0.2) is 0 Å². The number of hydrogen-bond acceptors (Lipinski definition) is 2. The largest absolute Gasteiger partial charge is 0.389 e. The minimum absolute atomic E-state index is 0.0302. The van der Waals surface area contributed by atoms with Crippen molar-refractivity contribution < 1.29 is 0 Å². The molecule has 0 heterocycles. The Morgan fingerprint density at radius 2 is 1.84 bits per heavy atom. The van der Waals surface area contributed by atoms with E-state index in [-0.39, 0.29) is 11.0 Å². The van der Waals surface area contributed by atoms with Crippen LogP contribution in [-0.4, -0.2) is 10.5 Å². The quantitative estimate of drug-likeness (QED) is 0.778. The van der Waals surface area contributed by atoms with Gasteiger partial charge in [-0.25, -0.2) is 0 Å². The number of hydrogen-bond donors (Lipinski definition) is 2. The number of halogens is 1. The average molecular weight is 343 g/mol. The molecule has 0 saturated carbocycles. The van der Waals surface area contributed by atoms with Gasteiger partial charge in [-0.1, -0.05) is 33.0 Å². The van der Waals surface area contributed by atoms with Crippen molar-refractivity contribution in [3.05, 3.63) is 28.2 Å². The molecule has 0 atom stereocenters. The molecule has 0 aliphatic heterocycles. The van der Waals surface area contributed by atoms with Gasteiger partial charge in [-0.3, -0.25) is 0 Å². The van der Waals surface area contributed by atoms with E-state index < -0.39 is 0 Å². The lowest BCUT2D eigenvalue weighted by Crippen LogP contribution is -2.35. The molecule has 0 fully saturated rings. The molecule has 0 spiro atoms. The molecule has 0 unspecified atom stereocenters. The molecule has 0 saturated heterocycles. The van der Waals surface area contributed by atoms with Crippen LogP contribution in [-0.2, 0) is 0 Å². The van der Waals surface area contributed by atoms with E-state index in [1.54, 1.807) is 0 Å². The summed E-state index contributed by atoms with van der Waals surface area (Å²) >= 11 is 8.51. The van der Waals surface area contributed by atoms with Crippen LogP contribution in [0.25, 0.3) is 0 Å². The standard InChI is InChI=1S/C15H23BrN2S/c1-14(2,3)9-15(4,5)18-10-6-7-11(13(17)19)12(16)8-10/h6-8,18H,9H2,1-5H3,(H2,17,19). The predicted octanol–water partition coefficient (Wildman–Crippen LogP) is 4.71. The minimum atomic E-state index is 0.0302. The first-order valence-electron chi connectivity index (χ1n) is 6.38. The summed E-state index contributed by atoms with van der Waals surface area (Å²) in [4.78, 5) is 0.410. The molecule has 0 amide bonds. The smallest absolute Gasteiger partial charge is 0.105 e. The monoisotopic (exact) mass is 342 g/mol. The highest BCUT2D eigenvalue weighted by atomic mass is 79.9. The number of anilines is 1. The van der Waals surface area contributed by atoms with Gasteiger partial charge in [0.25, 0.3) is 0 Å². The Morgan fingerprint density at radius 3 is 2.26 bits per heavy atom. The van der Waals surface area contributed by atoms with E-state index in [1.165, 1.54) is 0 Å². The first kappa shape index (κ1) is 16.4. The topological polar surface area (TPSA) is 38.0 Å². The summed E-state index contributed by atoms with van der Waals surface area (Å²) in [5.41, 5.74) is 7.91. The van der Waals surface area contributed by atoms with Gasteiger partial charge in [0.2, 0.25) is 0 Å². The molecule has 0 aliphatic carbocycles. The fourth-order valence-corrected chi connectivity index (χ4v) is 3.46. The third kappa shape index (κ3) is 5.49. The van der Waals surface area contributed by atoms with Crippen LogP contribution in [0.5, 0.6) is 0 Å². The van der Waals surface area contributed by atoms with E-state index in [2.05, 4.69) is 55.9 Å². The number of benzene rings is 1. The van der Waals surface area contributed by atoms with E-state index in [4.69, 9.17) is 18.0 Å². The van der Waals surface area contributed by atoms with Crippen molar-refractivity contribution in [2.24, 2.45) is 11.1 Å². The second-order valence-electron chi connectivity index (χ2n) is 6.81. The average Bonchev–Trinajstić information content (AvgIpc) is 2.11. The summed E-state index contributed by atoms with van der Waals surface area (Å²) in [6, 6.07) is 5.99. The van der Waals surface area contributed by atoms with Gasteiger partial charge in [-0.2, -0.15) is 0 Å². The van der Waals surface area contributed by atoms with Gasteiger partial charge in [0.05, 0.1) is 0 Å². The molecule has 1 rings (SSSR count). The van der Waals surface area contributed by atoms with E-state index in [0.717, 1.165) is 22.1 Å². The van der Waals surface area contributed by atoms with Crippen molar-refractivity contribution >= 4 is 38.8 Å². The molecule has 0 bridgehead atoms. The lowest BCUT2D eigenvalue weighted by atomic mass is 9.81. The van der Waals surface area contributed by atoms with Gasteiger partial charge < -0.3 is 11.1 Å². The van der Waals surface area contributed by atoms with E-state index in [1.807, 2.05) is 18.2 Å². The Morgan fingerprint density at radius 1 is 1.26 bits per heavy atom. The van der Waals surface area contributed by atoms with Gasteiger partial charge in [0, 0.05) is 21.3 Å². The summed E-state index contributed by atoms with van der Waals surface area (Å²) in [6.45, 7) is 11.2. The highest BCUT2D eigenvalue weighted by Crippen LogP contribution is 2.31. The number of thiocarbonyl (C=S) groups is 1. The number of nitrogens with one attached hydrogen (secondary N) is 1. The molecule has 0 aromatic heterocycles. The fourth-order valence-electron chi connectivity index (χ4n) is 2.55. The van der Waals surface area contributed by atoms with E-state index >= 15 is 0 Å². The van der Waals surface area contributed by atoms with Crippen molar-refractivity contribution in [1.82, 2.24) is 0 Å². The van der Waals surface area contributed by atoms with Crippen molar-refractivity contribution in [3.8, 4) is 0 Å². The molecule has 1 aromatic rings. The van der Waals surface area contributed by atoms with E-state index in [9.17, 15) is 0 Å². The maximum absolute atomic E-state index is 5.66. The molecular weight excluding hydrogens is 320 g/mol. The van der Waals surface area contributed by atoms with Crippen molar-refractivity contribution in [2.75, 3.05) is 5.32 Å². The Kier molecular flexibility index (Phi) is 5.02. The van der Waals surface area contributed by atoms with Gasteiger partial charge >= 0.3 is 0 Å². The molecule has 3 N–H and O–H groups in total. The second-order valence-corrected chi connectivity index (χ2v) is 8.10. The van der Waals surface area contributed by atoms with Crippen LogP contribution in [0.1, 0.15) is 46.6 Å². The maximum atomic E-state index is 5.66. The third-order valence-corrected chi connectivity index (χ3v) is 3.57. The fraction of sp³-hybridized carbons (Fsp3) is 0.533. The molecule has 0 aliphatic rings. The first-order valence-corrected chi connectivity index (χ1v) is 7.58. The van der Waals surface area contributed by atoms with Crippen LogP contribution in [0.2, 0.25) is 0 Å². The van der Waals surface area contributed by atoms with Crippen LogP contribution in [0, 0.1) is 5.41 Å². The van der Waals surface area contributed by atoms with Gasteiger partial charge in [-0.15, -0.1) is 0 Å². The Balaban J connectivity index is 2.88.